The van der Waals surface area contributed by atoms with Gasteiger partial charge in [-0.25, -0.2) is 0 Å². The van der Waals surface area contributed by atoms with E-state index in [9.17, 15) is 0 Å². The maximum absolute atomic E-state index is 0. The van der Waals surface area contributed by atoms with Crippen LogP contribution in [-0.4, -0.2) is 34.6 Å². The molecule has 0 bridgehead atoms. The van der Waals surface area contributed by atoms with Crippen molar-refractivity contribution in [2.75, 3.05) is 0 Å². The molecule has 0 rings (SSSR count). The summed E-state index contributed by atoms with van der Waals surface area (Å²) in [4.78, 5) is 0. The zero-order valence-electron chi connectivity index (χ0n) is 1.72. The third-order valence-electron chi connectivity index (χ3n) is 0. The number of hydrogen-bond donors (Lipinski definition) is 0. The molecule has 0 aromatic rings. The predicted octanol–water partition coefficient (Wildman–Crippen LogP) is -2.37. The van der Waals surface area contributed by atoms with Gasteiger partial charge in [-0.15, -0.1) is 0 Å². The fraction of sp³-hybridized carbons (Fsp3) is 0. The molecule has 0 fully saturated rings. The molecule has 4 heavy (non-hydrogen) atoms. The summed E-state index contributed by atoms with van der Waals surface area (Å²) in [6, 6.07) is 0. The Labute approximate surface area is 70.4 Å². The summed E-state index contributed by atoms with van der Waals surface area (Å²) in [5.74, 6) is 0. The Bertz CT molecular complexity index is 8.00. The monoisotopic (exact) mass is 353 g/mol. The Morgan fingerprint density at radius 2 is 1.00 bits per heavy atom. The van der Waals surface area contributed by atoms with Crippen molar-refractivity contribution in [1.82, 2.24) is 0 Å². The zero-order valence-corrected chi connectivity index (χ0v) is 11.1. The van der Waals surface area contributed by atoms with E-state index in [1.165, 1.54) is 0 Å². The van der Waals surface area contributed by atoms with Crippen LogP contribution in [0.3, 0.4) is 0 Å². The van der Waals surface area contributed by atoms with Crippen LogP contribution in [0.15, 0.2) is 0 Å². The maximum Gasteiger partial charge on any atom is 0 e. The van der Waals surface area contributed by atoms with Crippen molar-refractivity contribution < 1.29 is 36.5 Å². The zero-order chi connectivity index (χ0) is 0. The van der Waals surface area contributed by atoms with E-state index in [1.807, 2.05) is 0 Å². The van der Waals surface area contributed by atoms with Crippen molar-refractivity contribution in [3.63, 3.8) is 0 Å². The molecule has 0 atom stereocenters. The van der Waals surface area contributed by atoms with Crippen molar-refractivity contribution in [3.05, 3.63) is 0 Å². The summed E-state index contributed by atoms with van der Waals surface area (Å²) >= 11 is 0. The number of hydrogen-bond acceptors (Lipinski definition) is 0. The molecular formula is H6BBiCuZn. The summed E-state index contributed by atoms with van der Waals surface area (Å²) in [6.07, 6.45) is 0. The van der Waals surface area contributed by atoms with E-state index in [2.05, 4.69) is 0 Å². The second-order valence-electron chi connectivity index (χ2n) is 0. The molecule has 0 amide bonds. The minimum Gasteiger partial charge on any atom is 0 e. The average molecular weight is 355 g/mol. The summed E-state index contributed by atoms with van der Waals surface area (Å²) in [5.41, 5.74) is 0. The van der Waals surface area contributed by atoms with Crippen molar-refractivity contribution in [2.45, 2.75) is 0 Å². The van der Waals surface area contributed by atoms with Gasteiger partial charge in [0.05, 0.1) is 8.41 Å². The second-order valence-corrected chi connectivity index (χ2v) is 0. The van der Waals surface area contributed by atoms with Gasteiger partial charge in [-0.1, -0.05) is 0 Å². The standard InChI is InChI=1S/BH3.Bi.Cu.Zn.3H/h1H3;;;;;;. The topological polar surface area (TPSA) is 0 Å². The van der Waals surface area contributed by atoms with E-state index in [0.29, 0.717) is 0 Å². The van der Waals surface area contributed by atoms with Crippen molar-refractivity contribution in [1.29, 1.82) is 0 Å². The van der Waals surface area contributed by atoms with Crippen LogP contribution in [0.2, 0.25) is 0 Å². The summed E-state index contributed by atoms with van der Waals surface area (Å²) in [6.45, 7) is 0. The van der Waals surface area contributed by atoms with Crippen LogP contribution in [0, 0.1) is 0 Å². The maximum atomic E-state index is 0. The van der Waals surface area contributed by atoms with Crippen LogP contribution in [0.5, 0.6) is 0 Å². The van der Waals surface area contributed by atoms with E-state index in [1.54, 1.807) is 0 Å². The van der Waals surface area contributed by atoms with Gasteiger partial charge in [0, 0.05) is 36.5 Å². The van der Waals surface area contributed by atoms with Crippen LogP contribution >= 0.6 is 0 Å². The third kappa shape index (κ3) is 8.94. The van der Waals surface area contributed by atoms with E-state index in [-0.39, 0.29) is 71.2 Å². The second kappa shape index (κ2) is 19.5. The van der Waals surface area contributed by atoms with Crippen LogP contribution in [0.4, 0.5) is 0 Å². The first-order chi connectivity index (χ1) is 0. The molecule has 0 aromatic carbocycles. The quantitative estimate of drug-likeness (QED) is 0.427. The van der Waals surface area contributed by atoms with Crippen LogP contribution < -0.4 is 0 Å². The summed E-state index contributed by atoms with van der Waals surface area (Å²) in [7, 11) is 0. The molecule has 0 heterocycles. The molecule has 0 aliphatic rings. The molecule has 27 valence electrons. The molecule has 0 spiro atoms. The smallest absolute Gasteiger partial charge is 0 e. The van der Waals surface area contributed by atoms with Gasteiger partial charge in [0.1, 0.15) is 0 Å². The molecule has 0 aliphatic carbocycles. The molecule has 0 saturated carbocycles. The van der Waals surface area contributed by atoms with E-state index >= 15 is 0 Å². The Kier molecular flexibility index (Phi) is 176. The average Bonchev–Trinajstić information content (AvgIpc) is 0. The van der Waals surface area contributed by atoms with Crippen molar-refractivity contribution in [3.8, 4) is 0 Å². The normalized spacial score (nSPS) is 0. The molecule has 4 heteroatoms. The van der Waals surface area contributed by atoms with Gasteiger partial charge in [-0.3, -0.25) is 0 Å². The molecular weight excluding hydrogens is 349 g/mol. The first-order valence-electron chi connectivity index (χ1n) is 0. The van der Waals surface area contributed by atoms with Gasteiger partial charge < -0.3 is 0 Å². The third-order valence-corrected chi connectivity index (χ3v) is 0. The summed E-state index contributed by atoms with van der Waals surface area (Å²) < 4.78 is 0. The molecule has 0 N–H and O–H groups in total. The summed E-state index contributed by atoms with van der Waals surface area (Å²) in [5, 5.41) is 0. The predicted molar refractivity (Wildman–Crippen MR) is 19.9 cm³/mol. The molecule has 0 aliphatic heterocycles. The minimum absolute atomic E-state index is 0. The SMILES string of the molecule is B.[BiH3].[Cu].[Zn]. The molecule has 0 saturated heterocycles. The van der Waals surface area contributed by atoms with E-state index < -0.39 is 0 Å². The van der Waals surface area contributed by atoms with Crippen LogP contribution in [0.1, 0.15) is 0 Å². The molecule has 1 radical (unpaired) electrons. The Hall–Kier alpha value is 2.09. The van der Waals surface area contributed by atoms with Crippen molar-refractivity contribution >= 4 is 34.6 Å². The molecule has 0 aromatic heterocycles. The van der Waals surface area contributed by atoms with Gasteiger partial charge in [-0.2, -0.15) is 0 Å². The van der Waals surface area contributed by atoms with Gasteiger partial charge >= 0.3 is 26.2 Å². The Morgan fingerprint density at radius 3 is 1.00 bits per heavy atom. The van der Waals surface area contributed by atoms with Gasteiger partial charge in [-0.05, 0) is 0 Å². The fourth-order valence-electron chi connectivity index (χ4n) is 0. The largest absolute Gasteiger partial charge is 0 e. The van der Waals surface area contributed by atoms with Crippen molar-refractivity contribution in [2.24, 2.45) is 0 Å². The first-order valence-corrected chi connectivity index (χ1v) is 0. The van der Waals surface area contributed by atoms with Gasteiger partial charge in [0.15, 0.2) is 0 Å². The Balaban J connectivity index is 0. The molecule has 0 unspecified atom stereocenters. The molecule has 0 nitrogen and oxygen atoms in total. The fourth-order valence-corrected chi connectivity index (χ4v) is 0. The van der Waals surface area contributed by atoms with Crippen LogP contribution in [0.25, 0.3) is 0 Å². The van der Waals surface area contributed by atoms with Gasteiger partial charge in [0.2, 0.25) is 0 Å². The number of rotatable bonds is 0. The minimum atomic E-state index is 0. The Morgan fingerprint density at radius 1 is 1.00 bits per heavy atom. The van der Waals surface area contributed by atoms with Crippen LogP contribution in [-0.2, 0) is 36.5 Å². The van der Waals surface area contributed by atoms with E-state index in [0.717, 1.165) is 0 Å². The van der Waals surface area contributed by atoms with Gasteiger partial charge in [0.25, 0.3) is 0 Å². The van der Waals surface area contributed by atoms with E-state index in [4.69, 9.17) is 0 Å². The first kappa shape index (κ1) is 36.1.